The SMILES string of the molecule is CCn1ccc2ccc(CN3CC(c4ccc(C)cc4)C(N(C)C)C3)cc21. The molecule has 4 rings (SSSR count). The maximum absolute atomic E-state index is 2.62. The lowest BCUT2D eigenvalue weighted by atomic mass is 9.93. The van der Waals surface area contributed by atoms with E-state index in [1.165, 1.54) is 27.6 Å². The van der Waals surface area contributed by atoms with Crippen LogP contribution in [0.3, 0.4) is 0 Å². The monoisotopic (exact) mass is 361 g/mol. The highest BCUT2D eigenvalue weighted by atomic mass is 15.2. The van der Waals surface area contributed by atoms with Crippen LogP contribution in [0.4, 0.5) is 0 Å². The van der Waals surface area contributed by atoms with E-state index >= 15 is 0 Å². The van der Waals surface area contributed by atoms with Crippen LogP contribution in [0.25, 0.3) is 10.9 Å². The van der Waals surface area contributed by atoms with Crippen LogP contribution in [-0.4, -0.2) is 47.6 Å². The molecule has 0 bridgehead atoms. The molecule has 1 aromatic heterocycles. The maximum atomic E-state index is 2.62. The fourth-order valence-corrected chi connectivity index (χ4v) is 4.52. The normalized spacial score (nSPS) is 20.8. The van der Waals surface area contributed by atoms with Gasteiger partial charge in [0.25, 0.3) is 0 Å². The lowest BCUT2D eigenvalue weighted by Crippen LogP contribution is -2.34. The number of hydrogen-bond donors (Lipinski definition) is 0. The molecule has 0 N–H and O–H groups in total. The summed E-state index contributed by atoms with van der Waals surface area (Å²) < 4.78 is 2.33. The summed E-state index contributed by atoms with van der Waals surface area (Å²) in [5, 5.41) is 1.34. The minimum absolute atomic E-state index is 0.566. The van der Waals surface area contributed by atoms with Crippen LogP contribution in [0.15, 0.2) is 54.7 Å². The Labute approximate surface area is 163 Å². The second kappa shape index (κ2) is 7.49. The van der Waals surface area contributed by atoms with Crippen LogP contribution < -0.4 is 0 Å². The molecule has 0 aliphatic carbocycles. The smallest absolute Gasteiger partial charge is 0.0483 e. The lowest BCUT2D eigenvalue weighted by Gasteiger charge is -2.25. The highest BCUT2D eigenvalue weighted by Crippen LogP contribution is 2.31. The zero-order valence-electron chi connectivity index (χ0n) is 17.0. The first-order valence-electron chi connectivity index (χ1n) is 10.1. The second-order valence-corrected chi connectivity index (χ2v) is 8.24. The van der Waals surface area contributed by atoms with Crippen LogP contribution in [0.1, 0.15) is 29.5 Å². The fraction of sp³-hybridized carbons (Fsp3) is 0.417. The predicted octanol–water partition coefficient (Wildman–Crippen LogP) is 4.50. The molecular formula is C24H31N3. The molecule has 1 aliphatic rings. The van der Waals surface area contributed by atoms with Crippen molar-refractivity contribution in [3.63, 3.8) is 0 Å². The van der Waals surface area contributed by atoms with Crippen molar-refractivity contribution < 1.29 is 0 Å². The van der Waals surface area contributed by atoms with Gasteiger partial charge < -0.3 is 9.47 Å². The Hall–Kier alpha value is -2.10. The molecule has 0 spiro atoms. The number of fused-ring (bicyclic) bond motifs is 1. The number of nitrogens with zero attached hydrogens (tertiary/aromatic N) is 3. The van der Waals surface area contributed by atoms with Crippen molar-refractivity contribution in [2.75, 3.05) is 27.2 Å². The van der Waals surface area contributed by atoms with E-state index in [9.17, 15) is 0 Å². The summed E-state index contributed by atoms with van der Waals surface area (Å²) >= 11 is 0. The van der Waals surface area contributed by atoms with Crippen molar-refractivity contribution in [2.24, 2.45) is 0 Å². The molecule has 1 fully saturated rings. The molecule has 27 heavy (non-hydrogen) atoms. The molecule has 0 saturated carbocycles. The molecule has 1 saturated heterocycles. The van der Waals surface area contributed by atoms with Gasteiger partial charge in [0.1, 0.15) is 0 Å². The Morgan fingerprint density at radius 1 is 1.00 bits per heavy atom. The van der Waals surface area contributed by atoms with Gasteiger partial charge in [-0.2, -0.15) is 0 Å². The molecule has 142 valence electrons. The van der Waals surface area contributed by atoms with E-state index in [0.717, 1.165) is 26.2 Å². The van der Waals surface area contributed by atoms with Crippen molar-refractivity contribution in [3.8, 4) is 0 Å². The molecule has 0 radical (unpaired) electrons. The minimum Gasteiger partial charge on any atom is -0.348 e. The summed E-state index contributed by atoms with van der Waals surface area (Å²) in [6.45, 7) is 8.67. The van der Waals surface area contributed by atoms with Crippen molar-refractivity contribution in [1.82, 2.24) is 14.4 Å². The van der Waals surface area contributed by atoms with E-state index in [1.807, 2.05) is 0 Å². The van der Waals surface area contributed by atoms with Crippen molar-refractivity contribution in [1.29, 1.82) is 0 Å². The molecule has 2 heterocycles. The number of likely N-dealkylation sites (tertiary alicyclic amines) is 1. The second-order valence-electron chi connectivity index (χ2n) is 8.24. The van der Waals surface area contributed by atoms with E-state index < -0.39 is 0 Å². The molecule has 1 aliphatic heterocycles. The van der Waals surface area contributed by atoms with E-state index in [4.69, 9.17) is 0 Å². The van der Waals surface area contributed by atoms with Crippen molar-refractivity contribution in [3.05, 3.63) is 71.4 Å². The Morgan fingerprint density at radius 3 is 2.48 bits per heavy atom. The minimum atomic E-state index is 0.566. The summed E-state index contributed by atoms with van der Waals surface area (Å²) in [4.78, 5) is 5.02. The zero-order chi connectivity index (χ0) is 19.0. The average molecular weight is 362 g/mol. The van der Waals surface area contributed by atoms with Crippen LogP contribution in [0.5, 0.6) is 0 Å². The van der Waals surface area contributed by atoms with Crippen molar-refractivity contribution in [2.45, 2.75) is 38.9 Å². The average Bonchev–Trinajstić information content (AvgIpc) is 3.26. The third-order valence-corrected chi connectivity index (χ3v) is 6.12. The van der Waals surface area contributed by atoms with Gasteiger partial charge >= 0.3 is 0 Å². The molecule has 2 aromatic carbocycles. The number of aryl methyl sites for hydroxylation is 2. The summed E-state index contributed by atoms with van der Waals surface area (Å²) in [7, 11) is 4.44. The van der Waals surface area contributed by atoms with Gasteiger partial charge in [0.15, 0.2) is 0 Å². The Morgan fingerprint density at radius 2 is 1.78 bits per heavy atom. The zero-order valence-corrected chi connectivity index (χ0v) is 17.0. The van der Waals surface area contributed by atoms with E-state index in [-0.39, 0.29) is 0 Å². The van der Waals surface area contributed by atoms with Gasteiger partial charge in [0, 0.05) is 49.9 Å². The van der Waals surface area contributed by atoms with E-state index in [2.05, 4.69) is 97.0 Å². The molecule has 0 amide bonds. The number of aromatic nitrogens is 1. The Kier molecular flexibility index (Phi) is 5.07. The number of rotatable bonds is 5. The quantitative estimate of drug-likeness (QED) is 0.663. The summed E-state index contributed by atoms with van der Waals surface area (Å²) in [6, 6.07) is 18.9. The van der Waals surface area contributed by atoms with Gasteiger partial charge in [-0.3, -0.25) is 4.90 Å². The summed E-state index contributed by atoms with van der Waals surface area (Å²) in [5.41, 5.74) is 5.57. The lowest BCUT2D eigenvalue weighted by molar-refractivity contribution is 0.260. The highest BCUT2D eigenvalue weighted by molar-refractivity contribution is 5.80. The first-order valence-corrected chi connectivity index (χ1v) is 10.1. The van der Waals surface area contributed by atoms with Crippen molar-refractivity contribution >= 4 is 10.9 Å². The van der Waals surface area contributed by atoms with Crippen LogP contribution in [-0.2, 0) is 13.1 Å². The molecule has 2 atom stereocenters. The summed E-state index contributed by atoms with van der Waals surface area (Å²) in [5.74, 6) is 0.573. The number of hydrogen-bond acceptors (Lipinski definition) is 2. The topological polar surface area (TPSA) is 11.4 Å². The number of likely N-dealkylation sites (N-methyl/N-ethyl adjacent to an activating group) is 1. The van der Waals surface area contributed by atoms with Gasteiger partial charge in [-0.15, -0.1) is 0 Å². The van der Waals surface area contributed by atoms with Gasteiger partial charge in [0.05, 0.1) is 0 Å². The largest absolute Gasteiger partial charge is 0.348 e. The van der Waals surface area contributed by atoms with Gasteiger partial charge in [0.2, 0.25) is 0 Å². The molecular weight excluding hydrogens is 330 g/mol. The Balaban J connectivity index is 1.55. The molecule has 2 unspecified atom stereocenters. The van der Waals surface area contributed by atoms with Gasteiger partial charge in [-0.1, -0.05) is 42.0 Å². The number of benzene rings is 2. The van der Waals surface area contributed by atoms with Crippen LogP contribution in [0.2, 0.25) is 0 Å². The standard InChI is InChI=1S/C24H31N3/c1-5-27-13-12-21-11-8-19(14-23(21)27)15-26-16-22(24(17-26)25(3)4)20-9-6-18(2)7-10-20/h6-14,22,24H,5,15-17H2,1-4H3. The third kappa shape index (κ3) is 3.67. The van der Waals surface area contributed by atoms with Gasteiger partial charge in [-0.05, 0) is 56.6 Å². The maximum Gasteiger partial charge on any atom is 0.0483 e. The van der Waals surface area contributed by atoms with E-state index in [0.29, 0.717) is 12.0 Å². The van der Waals surface area contributed by atoms with Crippen LogP contribution >= 0.6 is 0 Å². The molecule has 3 aromatic rings. The predicted molar refractivity (Wildman–Crippen MR) is 114 cm³/mol. The Bertz CT molecular complexity index is 907. The fourth-order valence-electron chi connectivity index (χ4n) is 4.52. The molecule has 3 nitrogen and oxygen atoms in total. The first-order chi connectivity index (χ1) is 13.0. The highest BCUT2D eigenvalue weighted by Gasteiger charge is 2.34. The summed E-state index contributed by atoms with van der Waals surface area (Å²) in [6.07, 6.45) is 2.19. The van der Waals surface area contributed by atoms with E-state index in [1.54, 1.807) is 0 Å². The first kappa shape index (κ1) is 18.3. The van der Waals surface area contributed by atoms with Crippen LogP contribution in [0, 0.1) is 6.92 Å². The molecule has 3 heteroatoms. The third-order valence-electron chi connectivity index (χ3n) is 6.12. The van der Waals surface area contributed by atoms with Gasteiger partial charge in [-0.25, -0.2) is 0 Å².